The molecule has 1 aromatic carbocycles. The Kier molecular flexibility index (Phi) is 5.64. The number of rotatable bonds is 4. The van der Waals surface area contributed by atoms with Gasteiger partial charge in [0.05, 0.1) is 11.1 Å². The van der Waals surface area contributed by atoms with Crippen LogP contribution in [0.25, 0.3) is 0 Å². The molecule has 1 aromatic rings. The lowest BCUT2D eigenvalue weighted by Crippen LogP contribution is -2.68. The summed E-state index contributed by atoms with van der Waals surface area (Å²) in [7, 11) is 0. The first-order valence-electron chi connectivity index (χ1n) is 7.68. The largest absolute Gasteiger partial charge is 0.484 e. The van der Waals surface area contributed by atoms with Gasteiger partial charge in [0.2, 0.25) is 0 Å². The van der Waals surface area contributed by atoms with Gasteiger partial charge in [-0.1, -0.05) is 11.6 Å². The molecule has 0 aliphatic heterocycles. The molecule has 3 aliphatic carbocycles. The Morgan fingerprint density at radius 1 is 1.42 bits per heavy atom. The quantitative estimate of drug-likeness (QED) is 0.749. The van der Waals surface area contributed by atoms with Crippen LogP contribution in [0.4, 0.5) is 4.39 Å². The third-order valence-electron chi connectivity index (χ3n) is 5.05. The molecule has 8 heteroatoms. The predicted molar refractivity (Wildman–Crippen MR) is 91.0 cm³/mol. The number of aliphatic hydroxyl groups is 1. The molecule has 3 aliphatic rings. The first kappa shape index (κ1) is 19.2. The zero-order valence-corrected chi connectivity index (χ0v) is 14.6. The number of fused-ring (bicyclic) bond motifs is 3. The maximum atomic E-state index is 13.3. The second-order valence-electron chi connectivity index (χ2n) is 6.65. The zero-order chi connectivity index (χ0) is 16.7. The SMILES string of the molecule is Cl.NC12CCC(NC(=O)COc3ccc(Cl)c(F)c3)(CC1)C[C@@H]2O. The van der Waals surface area contributed by atoms with Gasteiger partial charge in [-0.15, -0.1) is 12.4 Å². The average Bonchev–Trinajstić information content (AvgIpc) is 2.51. The molecule has 134 valence electrons. The predicted octanol–water partition coefficient (Wildman–Crippen LogP) is 2.17. The van der Waals surface area contributed by atoms with E-state index in [0.717, 1.165) is 18.9 Å². The summed E-state index contributed by atoms with van der Waals surface area (Å²) in [6.45, 7) is -0.216. The van der Waals surface area contributed by atoms with Gasteiger partial charge in [-0.25, -0.2) is 4.39 Å². The fourth-order valence-electron chi connectivity index (χ4n) is 3.53. The number of carbonyl (C=O) groups is 1. The van der Waals surface area contributed by atoms with Gasteiger partial charge < -0.3 is 20.9 Å². The van der Waals surface area contributed by atoms with E-state index in [1.165, 1.54) is 12.1 Å². The van der Waals surface area contributed by atoms with Crippen molar-refractivity contribution in [2.24, 2.45) is 5.73 Å². The van der Waals surface area contributed by atoms with Crippen molar-refractivity contribution in [1.29, 1.82) is 0 Å². The molecule has 4 rings (SSSR count). The van der Waals surface area contributed by atoms with Crippen molar-refractivity contribution in [2.45, 2.75) is 49.3 Å². The third-order valence-corrected chi connectivity index (χ3v) is 5.36. The Morgan fingerprint density at radius 2 is 2.08 bits per heavy atom. The van der Waals surface area contributed by atoms with Gasteiger partial charge in [0, 0.05) is 17.1 Å². The normalized spacial score (nSPS) is 31.2. The zero-order valence-electron chi connectivity index (χ0n) is 13.1. The number of hydrogen-bond acceptors (Lipinski definition) is 4. The van der Waals surface area contributed by atoms with Crippen LogP contribution in [-0.2, 0) is 4.79 Å². The molecular weight excluding hydrogens is 358 g/mol. The van der Waals surface area contributed by atoms with Crippen molar-refractivity contribution in [3.8, 4) is 5.75 Å². The molecule has 0 unspecified atom stereocenters. The summed E-state index contributed by atoms with van der Waals surface area (Å²) in [6.07, 6.45) is 2.75. The standard InChI is InChI=1S/C16H20ClFN2O3.ClH/c17-11-2-1-10(7-12(11)18)23-9-14(22)20-15-3-5-16(19,6-4-15)13(21)8-15;/h1-2,7,13,21H,3-6,8-9,19H2,(H,20,22);1H/t13-,15?,16?;/m0./s1. The van der Waals surface area contributed by atoms with Crippen molar-refractivity contribution >= 4 is 29.9 Å². The van der Waals surface area contributed by atoms with E-state index in [1.54, 1.807) is 0 Å². The van der Waals surface area contributed by atoms with Gasteiger partial charge in [-0.05, 0) is 44.2 Å². The number of nitrogens with one attached hydrogen (secondary N) is 1. The minimum Gasteiger partial charge on any atom is -0.484 e. The highest BCUT2D eigenvalue weighted by atomic mass is 35.5. The number of halogens is 3. The lowest BCUT2D eigenvalue weighted by Gasteiger charge is -2.54. The first-order chi connectivity index (χ1) is 10.8. The maximum Gasteiger partial charge on any atom is 0.258 e. The lowest BCUT2D eigenvalue weighted by atomic mass is 9.60. The molecule has 0 radical (unpaired) electrons. The summed E-state index contributed by atoms with van der Waals surface area (Å²) in [5.41, 5.74) is 5.24. The molecule has 1 atom stereocenters. The van der Waals surface area contributed by atoms with Crippen LogP contribution in [0.3, 0.4) is 0 Å². The third kappa shape index (κ3) is 3.77. The van der Waals surface area contributed by atoms with Crippen LogP contribution in [0.2, 0.25) is 5.02 Å². The van der Waals surface area contributed by atoms with Gasteiger partial charge in [-0.3, -0.25) is 4.79 Å². The molecule has 0 spiro atoms. The Labute approximate surface area is 151 Å². The van der Waals surface area contributed by atoms with E-state index in [9.17, 15) is 14.3 Å². The summed E-state index contributed by atoms with van der Waals surface area (Å²) in [5.74, 6) is -0.642. The fraction of sp³-hybridized carbons (Fsp3) is 0.562. The van der Waals surface area contributed by atoms with E-state index < -0.39 is 23.0 Å². The minimum atomic E-state index is -0.600. The second kappa shape index (κ2) is 7.04. The number of nitrogens with two attached hydrogens (primary N) is 1. The topological polar surface area (TPSA) is 84.6 Å². The van der Waals surface area contributed by atoms with Crippen molar-refractivity contribution in [3.05, 3.63) is 29.0 Å². The molecular formula is C16H21Cl2FN2O3. The molecule has 1 amide bonds. The van der Waals surface area contributed by atoms with Crippen LogP contribution >= 0.6 is 24.0 Å². The molecule has 0 heterocycles. The van der Waals surface area contributed by atoms with Crippen molar-refractivity contribution in [1.82, 2.24) is 5.32 Å². The highest BCUT2D eigenvalue weighted by molar-refractivity contribution is 6.30. The van der Waals surface area contributed by atoms with E-state index >= 15 is 0 Å². The lowest BCUT2D eigenvalue weighted by molar-refractivity contribution is -0.128. The number of carbonyl (C=O) groups excluding carboxylic acids is 1. The van der Waals surface area contributed by atoms with Crippen molar-refractivity contribution < 1.29 is 19.0 Å². The molecule has 2 bridgehead atoms. The van der Waals surface area contributed by atoms with E-state index in [-0.39, 0.29) is 35.7 Å². The second-order valence-corrected chi connectivity index (χ2v) is 7.05. The van der Waals surface area contributed by atoms with E-state index in [4.69, 9.17) is 22.1 Å². The molecule has 0 aromatic heterocycles. The summed E-state index contributed by atoms with van der Waals surface area (Å²) in [4.78, 5) is 12.1. The smallest absolute Gasteiger partial charge is 0.258 e. The Bertz CT molecular complexity index is 621. The highest BCUT2D eigenvalue weighted by Gasteiger charge is 2.52. The highest BCUT2D eigenvalue weighted by Crippen LogP contribution is 2.45. The molecule has 24 heavy (non-hydrogen) atoms. The monoisotopic (exact) mass is 378 g/mol. The summed E-state index contributed by atoms with van der Waals surface area (Å²) in [6, 6.07) is 4.02. The van der Waals surface area contributed by atoms with Gasteiger partial charge >= 0.3 is 0 Å². The summed E-state index contributed by atoms with van der Waals surface area (Å²) < 4.78 is 18.6. The molecule has 5 nitrogen and oxygen atoms in total. The first-order valence-corrected chi connectivity index (χ1v) is 8.06. The Balaban J connectivity index is 0.00000208. The van der Waals surface area contributed by atoms with E-state index in [2.05, 4.69) is 5.32 Å². The molecule has 0 saturated heterocycles. The molecule has 4 N–H and O–H groups in total. The number of benzene rings is 1. The van der Waals surface area contributed by atoms with Crippen LogP contribution in [0.15, 0.2) is 18.2 Å². The number of hydrogen-bond donors (Lipinski definition) is 3. The van der Waals surface area contributed by atoms with Crippen molar-refractivity contribution in [3.63, 3.8) is 0 Å². The van der Waals surface area contributed by atoms with Gasteiger partial charge in [0.1, 0.15) is 11.6 Å². The summed E-state index contributed by atoms with van der Waals surface area (Å²) in [5, 5.41) is 13.1. The van der Waals surface area contributed by atoms with Gasteiger partial charge in [0.25, 0.3) is 5.91 Å². The van der Waals surface area contributed by atoms with Crippen LogP contribution in [0, 0.1) is 5.82 Å². The van der Waals surface area contributed by atoms with Gasteiger partial charge in [-0.2, -0.15) is 0 Å². The van der Waals surface area contributed by atoms with E-state index in [0.29, 0.717) is 19.3 Å². The Hall–Kier alpha value is -1.08. The maximum absolute atomic E-state index is 13.3. The van der Waals surface area contributed by atoms with Crippen LogP contribution in [0.1, 0.15) is 32.1 Å². The van der Waals surface area contributed by atoms with Crippen LogP contribution in [0.5, 0.6) is 5.75 Å². The van der Waals surface area contributed by atoms with E-state index in [1.807, 2.05) is 0 Å². The van der Waals surface area contributed by atoms with Crippen LogP contribution in [-0.4, -0.2) is 34.8 Å². The minimum absolute atomic E-state index is 0. The average molecular weight is 379 g/mol. The number of aliphatic hydroxyl groups excluding tert-OH is 1. The summed E-state index contributed by atoms with van der Waals surface area (Å²) >= 11 is 5.59. The molecule has 3 fully saturated rings. The van der Waals surface area contributed by atoms with Crippen LogP contribution < -0.4 is 15.8 Å². The fourth-order valence-corrected chi connectivity index (χ4v) is 3.65. The number of ether oxygens (including phenoxy) is 1. The van der Waals surface area contributed by atoms with Gasteiger partial charge in [0.15, 0.2) is 6.61 Å². The number of amides is 1. The molecule has 3 saturated carbocycles. The Morgan fingerprint density at radius 3 is 2.67 bits per heavy atom. The van der Waals surface area contributed by atoms with Crippen molar-refractivity contribution in [2.75, 3.05) is 6.61 Å².